The number of aryl methyl sites for hydroxylation is 1. The predicted molar refractivity (Wildman–Crippen MR) is 96.5 cm³/mol. The van der Waals surface area contributed by atoms with E-state index in [1.165, 1.54) is 0 Å². The molecule has 2 heterocycles. The number of aromatic nitrogens is 2. The van der Waals surface area contributed by atoms with Crippen molar-refractivity contribution in [2.45, 2.75) is 6.92 Å². The lowest BCUT2D eigenvalue weighted by Gasteiger charge is -2.26. The van der Waals surface area contributed by atoms with Gasteiger partial charge >= 0.3 is 0 Å². The lowest BCUT2D eigenvalue weighted by atomic mass is 10.1. The van der Waals surface area contributed by atoms with Gasteiger partial charge in [-0.05, 0) is 19.1 Å². The number of primary amides is 1. The Balaban J connectivity index is 1.66. The van der Waals surface area contributed by atoms with Crippen molar-refractivity contribution in [2.75, 3.05) is 44.7 Å². The largest absolute Gasteiger partial charge is 0.379 e. The molecule has 1 fully saturated rings. The van der Waals surface area contributed by atoms with Gasteiger partial charge in [-0.25, -0.2) is 9.97 Å². The van der Waals surface area contributed by atoms with E-state index in [-0.39, 0.29) is 0 Å². The van der Waals surface area contributed by atoms with Crippen molar-refractivity contribution in [3.63, 3.8) is 0 Å². The van der Waals surface area contributed by atoms with Crippen molar-refractivity contribution in [3.05, 3.63) is 41.6 Å². The Bertz CT molecular complexity index is 727. The Morgan fingerprint density at radius 2 is 2.00 bits per heavy atom. The van der Waals surface area contributed by atoms with Gasteiger partial charge in [0.2, 0.25) is 5.91 Å². The van der Waals surface area contributed by atoms with Gasteiger partial charge in [0.15, 0.2) is 5.82 Å². The highest BCUT2D eigenvalue weighted by Crippen LogP contribution is 2.19. The second kappa shape index (κ2) is 8.04. The molecule has 1 saturated heterocycles. The molecule has 0 aliphatic carbocycles. The van der Waals surface area contributed by atoms with Crippen LogP contribution in [0, 0.1) is 6.92 Å². The number of anilines is 1. The van der Waals surface area contributed by atoms with Gasteiger partial charge in [0.05, 0.1) is 13.2 Å². The molecular formula is C18H23N5O2. The zero-order valence-electron chi connectivity index (χ0n) is 14.4. The number of benzene rings is 1. The van der Waals surface area contributed by atoms with Gasteiger partial charge in [0.1, 0.15) is 5.82 Å². The van der Waals surface area contributed by atoms with Crippen LogP contribution < -0.4 is 11.1 Å². The predicted octanol–water partition coefficient (Wildman–Crippen LogP) is 1.30. The van der Waals surface area contributed by atoms with Crippen molar-refractivity contribution >= 4 is 11.7 Å². The molecule has 2 aromatic rings. The van der Waals surface area contributed by atoms with Crippen LogP contribution in [0.2, 0.25) is 0 Å². The molecule has 1 amide bonds. The highest BCUT2D eigenvalue weighted by Gasteiger charge is 2.11. The van der Waals surface area contributed by atoms with Crippen LogP contribution in [0.15, 0.2) is 30.5 Å². The topological polar surface area (TPSA) is 93.4 Å². The average molecular weight is 341 g/mol. The summed E-state index contributed by atoms with van der Waals surface area (Å²) >= 11 is 0. The fraction of sp³-hybridized carbons (Fsp3) is 0.389. The molecule has 132 valence electrons. The first kappa shape index (κ1) is 17.3. The van der Waals surface area contributed by atoms with E-state index in [9.17, 15) is 4.79 Å². The average Bonchev–Trinajstić information content (AvgIpc) is 2.64. The summed E-state index contributed by atoms with van der Waals surface area (Å²) in [6.07, 6.45) is 1.81. The minimum atomic E-state index is -0.443. The van der Waals surface area contributed by atoms with E-state index in [4.69, 9.17) is 10.5 Å². The molecule has 1 aliphatic heterocycles. The first-order chi connectivity index (χ1) is 12.1. The zero-order chi connectivity index (χ0) is 17.6. The lowest BCUT2D eigenvalue weighted by molar-refractivity contribution is 0.0398. The van der Waals surface area contributed by atoms with Crippen LogP contribution in [-0.2, 0) is 4.74 Å². The van der Waals surface area contributed by atoms with Crippen LogP contribution in [0.4, 0.5) is 5.82 Å². The van der Waals surface area contributed by atoms with Crippen molar-refractivity contribution in [2.24, 2.45) is 5.73 Å². The first-order valence-corrected chi connectivity index (χ1v) is 8.41. The van der Waals surface area contributed by atoms with Crippen molar-refractivity contribution in [1.29, 1.82) is 0 Å². The minimum Gasteiger partial charge on any atom is -0.379 e. The third-order valence-electron chi connectivity index (χ3n) is 4.22. The van der Waals surface area contributed by atoms with E-state index in [0.29, 0.717) is 11.4 Å². The quantitative estimate of drug-likeness (QED) is 0.822. The number of nitrogens with one attached hydrogen (secondary N) is 1. The fourth-order valence-electron chi connectivity index (χ4n) is 2.70. The molecule has 0 bridgehead atoms. The van der Waals surface area contributed by atoms with E-state index >= 15 is 0 Å². The van der Waals surface area contributed by atoms with E-state index < -0.39 is 5.91 Å². The van der Waals surface area contributed by atoms with Gasteiger partial charge < -0.3 is 15.8 Å². The standard InChI is InChI=1S/C18H23N5O2/c1-13-12-21-18(15-4-2-14(3-5-15)16(19)24)22-17(13)20-6-7-23-8-10-25-11-9-23/h2-5,12H,6-11H2,1H3,(H2,19,24)(H,20,21,22). The second-order valence-corrected chi connectivity index (χ2v) is 6.05. The molecule has 0 radical (unpaired) electrons. The SMILES string of the molecule is Cc1cnc(-c2ccc(C(N)=O)cc2)nc1NCCN1CCOCC1. The number of ether oxygens (including phenoxy) is 1. The third-order valence-corrected chi connectivity index (χ3v) is 4.22. The summed E-state index contributed by atoms with van der Waals surface area (Å²) in [6.45, 7) is 7.31. The van der Waals surface area contributed by atoms with Gasteiger partial charge in [-0.1, -0.05) is 12.1 Å². The molecule has 0 saturated carbocycles. The molecule has 3 rings (SSSR count). The number of morpholine rings is 1. The van der Waals surface area contributed by atoms with Gasteiger partial charge in [-0.15, -0.1) is 0 Å². The van der Waals surface area contributed by atoms with Crippen LogP contribution in [0.5, 0.6) is 0 Å². The fourth-order valence-corrected chi connectivity index (χ4v) is 2.70. The summed E-state index contributed by atoms with van der Waals surface area (Å²) in [4.78, 5) is 22.5. The van der Waals surface area contributed by atoms with E-state index in [0.717, 1.165) is 56.3 Å². The Morgan fingerprint density at radius 3 is 2.68 bits per heavy atom. The molecule has 0 unspecified atom stereocenters. The Morgan fingerprint density at radius 1 is 1.28 bits per heavy atom. The Labute approximate surface area is 147 Å². The number of nitrogens with two attached hydrogens (primary N) is 1. The zero-order valence-corrected chi connectivity index (χ0v) is 14.4. The van der Waals surface area contributed by atoms with E-state index in [1.54, 1.807) is 18.3 Å². The maximum atomic E-state index is 11.2. The van der Waals surface area contributed by atoms with Crippen molar-refractivity contribution < 1.29 is 9.53 Å². The molecule has 1 aromatic heterocycles. The maximum absolute atomic E-state index is 11.2. The minimum absolute atomic E-state index is 0.443. The number of hydrogen-bond acceptors (Lipinski definition) is 6. The summed E-state index contributed by atoms with van der Waals surface area (Å²) in [6, 6.07) is 6.99. The summed E-state index contributed by atoms with van der Waals surface area (Å²) < 4.78 is 5.36. The molecule has 3 N–H and O–H groups in total. The highest BCUT2D eigenvalue weighted by atomic mass is 16.5. The Kier molecular flexibility index (Phi) is 5.57. The number of rotatable bonds is 6. The number of carbonyl (C=O) groups is 1. The second-order valence-electron chi connectivity index (χ2n) is 6.05. The molecule has 1 aliphatic rings. The molecule has 0 atom stereocenters. The van der Waals surface area contributed by atoms with Crippen molar-refractivity contribution in [3.8, 4) is 11.4 Å². The number of carbonyl (C=O) groups excluding carboxylic acids is 1. The highest BCUT2D eigenvalue weighted by molar-refractivity contribution is 5.93. The summed E-state index contributed by atoms with van der Waals surface area (Å²) in [7, 11) is 0. The van der Waals surface area contributed by atoms with Crippen LogP contribution in [-0.4, -0.2) is 60.2 Å². The van der Waals surface area contributed by atoms with Crippen LogP contribution in [0.3, 0.4) is 0 Å². The van der Waals surface area contributed by atoms with Crippen LogP contribution in [0.1, 0.15) is 15.9 Å². The van der Waals surface area contributed by atoms with E-state index in [2.05, 4.69) is 20.2 Å². The molecule has 1 aromatic carbocycles. The Hall–Kier alpha value is -2.51. The normalized spacial score (nSPS) is 15.1. The van der Waals surface area contributed by atoms with Gasteiger partial charge in [0, 0.05) is 49.1 Å². The smallest absolute Gasteiger partial charge is 0.248 e. The van der Waals surface area contributed by atoms with Gasteiger partial charge in [-0.3, -0.25) is 9.69 Å². The maximum Gasteiger partial charge on any atom is 0.248 e. The number of nitrogens with zero attached hydrogens (tertiary/aromatic N) is 3. The molecular weight excluding hydrogens is 318 g/mol. The lowest BCUT2D eigenvalue weighted by Crippen LogP contribution is -2.39. The third kappa shape index (κ3) is 4.52. The van der Waals surface area contributed by atoms with Crippen LogP contribution in [0.25, 0.3) is 11.4 Å². The van der Waals surface area contributed by atoms with E-state index in [1.807, 2.05) is 19.1 Å². The van der Waals surface area contributed by atoms with Gasteiger partial charge in [-0.2, -0.15) is 0 Å². The van der Waals surface area contributed by atoms with Gasteiger partial charge in [0.25, 0.3) is 0 Å². The molecule has 25 heavy (non-hydrogen) atoms. The molecule has 0 spiro atoms. The summed E-state index contributed by atoms with van der Waals surface area (Å²) in [5.41, 5.74) is 7.59. The summed E-state index contributed by atoms with van der Waals surface area (Å²) in [5, 5.41) is 3.39. The summed E-state index contributed by atoms with van der Waals surface area (Å²) in [5.74, 6) is 1.01. The number of amides is 1. The molecule has 7 heteroatoms. The first-order valence-electron chi connectivity index (χ1n) is 8.41. The van der Waals surface area contributed by atoms with Crippen LogP contribution >= 0.6 is 0 Å². The van der Waals surface area contributed by atoms with Crippen molar-refractivity contribution in [1.82, 2.24) is 14.9 Å². The number of hydrogen-bond donors (Lipinski definition) is 2. The molecule has 7 nitrogen and oxygen atoms in total. The monoisotopic (exact) mass is 341 g/mol.